The molecular formula is C20H28FN3O. The molecule has 1 aromatic carbocycles. The molecule has 25 heavy (non-hydrogen) atoms. The van der Waals surface area contributed by atoms with E-state index < -0.39 is 0 Å². The Kier molecular flexibility index (Phi) is 4.78. The van der Waals surface area contributed by atoms with Crippen LogP contribution in [0.2, 0.25) is 0 Å². The SMILES string of the molecule is CN1CCC(CN2C(=O)C[C@H]3[C@H]2CCN3Cc2cccc(F)c2)CC1. The summed E-state index contributed by atoms with van der Waals surface area (Å²) in [7, 11) is 2.18. The monoisotopic (exact) mass is 345 g/mol. The van der Waals surface area contributed by atoms with Crippen LogP contribution in [0.15, 0.2) is 24.3 Å². The van der Waals surface area contributed by atoms with Crippen molar-refractivity contribution in [3.63, 3.8) is 0 Å². The van der Waals surface area contributed by atoms with Crippen LogP contribution in [-0.4, -0.2) is 65.9 Å². The van der Waals surface area contributed by atoms with Gasteiger partial charge in [0.25, 0.3) is 0 Å². The molecular weight excluding hydrogens is 317 g/mol. The van der Waals surface area contributed by atoms with Gasteiger partial charge >= 0.3 is 0 Å². The lowest BCUT2D eigenvalue weighted by Crippen LogP contribution is -2.42. The van der Waals surface area contributed by atoms with Gasteiger partial charge in [-0.15, -0.1) is 0 Å². The van der Waals surface area contributed by atoms with Crippen LogP contribution in [0.5, 0.6) is 0 Å². The molecule has 2 atom stereocenters. The van der Waals surface area contributed by atoms with Gasteiger partial charge in [0.15, 0.2) is 0 Å². The second-order valence-corrected chi connectivity index (χ2v) is 8.02. The highest BCUT2D eigenvalue weighted by Crippen LogP contribution is 2.35. The first-order valence-corrected chi connectivity index (χ1v) is 9.56. The van der Waals surface area contributed by atoms with Crippen LogP contribution >= 0.6 is 0 Å². The minimum atomic E-state index is -0.181. The van der Waals surface area contributed by atoms with E-state index in [1.807, 2.05) is 6.07 Å². The van der Waals surface area contributed by atoms with Gasteiger partial charge in [-0.1, -0.05) is 12.1 Å². The second kappa shape index (κ2) is 7.04. The first-order chi connectivity index (χ1) is 12.1. The molecule has 136 valence electrons. The van der Waals surface area contributed by atoms with Gasteiger partial charge in [0.05, 0.1) is 0 Å². The van der Waals surface area contributed by atoms with Crippen LogP contribution in [0.25, 0.3) is 0 Å². The highest BCUT2D eigenvalue weighted by molar-refractivity contribution is 5.80. The summed E-state index contributed by atoms with van der Waals surface area (Å²) in [5, 5.41) is 0. The van der Waals surface area contributed by atoms with Crippen LogP contribution in [0.1, 0.15) is 31.2 Å². The summed E-state index contributed by atoms with van der Waals surface area (Å²) in [5.41, 5.74) is 1.00. The summed E-state index contributed by atoms with van der Waals surface area (Å²) < 4.78 is 13.4. The fourth-order valence-electron chi connectivity index (χ4n) is 4.84. The number of carbonyl (C=O) groups is 1. The number of halogens is 1. The van der Waals surface area contributed by atoms with E-state index in [2.05, 4.69) is 21.7 Å². The van der Waals surface area contributed by atoms with Gasteiger partial charge in [-0.05, 0) is 63.0 Å². The lowest BCUT2D eigenvalue weighted by molar-refractivity contribution is -0.130. The number of nitrogens with zero attached hydrogens (tertiary/aromatic N) is 3. The van der Waals surface area contributed by atoms with E-state index in [0.717, 1.165) is 44.7 Å². The molecule has 3 heterocycles. The zero-order valence-corrected chi connectivity index (χ0v) is 15.0. The third-order valence-corrected chi connectivity index (χ3v) is 6.30. The Morgan fingerprint density at radius 2 is 1.92 bits per heavy atom. The Morgan fingerprint density at radius 3 is 2.68 bits per heavy atom. The molecule has 0 radical (unpaired) electrons. The Balaban J connectivity index is 1.39. The molecule has 0 unspecified atom stereocenters. The van der Waals surface area contributed by atoms with E-state index in [4.69, 9.17) is 0 Å². The maximum Gasteiger partial charge on any atom is 0.224 e. The van der Waals surface area contributed by atoms with E-state index >= 15 is 0 Å². The molecule has 0 N–H and O–H groups in total. The molecule has 3 fully saturated rings. The molecule has 4 rings (SSSR count). The number of hydrogen-bond acceptors (Lipinski definition) is 3. The number of amides is 1. The normalized spacial score (nSPS) is 28.7. The van der Waals surface area contributed by atoms with Gasteiger partial charge in [-0.3, -0.25) is 9.69 Å². The van der Waals surface area contributed by atoms with Gasteiger partial charge in [0.1, 0.15) is 5.82 Å². The fourth-order valence-corrected chi connectivity index (χ4v) is 4.84. The second-order valence-electron chi connectivity index (χ2n) is 8.02. The number of benzene rings is 1. The predicted octanol–water partition coefficient (Wildman–Crippen LogP) is 2.34. The summed E-state index contributed by atoms with van der Waals surface area (Å²) in [6.45, 7) is 4.97. The van der Waals surface area contributed by atoms with Gasteiger partial charge in [-0.2, -0.15) is 0 Å². The largest absolute Gasteiger partial charge is 0.338 e. The predicted molar refractivity (Wildman–Crippen MR) is 95.6 cm³/mol. The Hall–Kier alpha value is -1.46. The van der Waals surface area contributed by atoms with Crippen molar-refractivity contribution in [2.45, 2.75) is 44.3 Å². The summed E-state index contributed by atoms with van der Waals surface area (Å²) in [6, 6.07) is 7.51. The lowest BCUT2D eigenvalue weighted by atomic mass is 9.96. The quantitative estimate of drug-likeness (QED) is 0.838. The number of hydrogen-bond donors (Lipinski definition) is 0. The van der Waals surface area contributed by atoms with Crippen molar-refractivity contribution >= 4 is 5.91 Å². The molecule has 0 spiro atoms. The summed E-state index contributed by atoms with van der Waals surface area (Å²) in [4.78, 5) is 19.5. The maximum absolute atomic E-state index is 13.4. The van der Waals surface area contributed by atoms with Crippen LogP contribution in [0.4, 0.5) is 4.39 Å². The molecule has 3 aliphatic heterocycles. The van der Waals surface area contributed by atoms with E-state index in [-0.39, 0.29) is 5.82 Å². The van der Waals surface area contributed by atoms with E-state index in [1.54, 1.807) is 12.1 Å². The summed E-state index contributed by atoms with van der Waals surface area (Å²) in [6.07, 6.45) is 4.08. The standard InChI is InChI=1S/C20H28FN3O/c1-22-8-5-15(6-9-22)14-24-18-7-10-23(19(18)12-20(24)25)13-16-3-2-4-17(21)11-16/h2-4,11,15,18-19H,5-10,12-14H2,1H3/t18-,19+/m1/s1. The molecule has 5 heteroatoms. The minimum Gasteiger partial charge on any atom is -0.338 e. The van der Waals surface area contributed by atoms with Crippen molar-refractivity contribution in [2.75, 3.05) is 33.2 Å². The van der Waals surface area contributed by atoms with Crippen molar-refractivity contribution < 1.29 is 9.18 Å². The number of likely N-dealkylation sites (tertiary alicyclic amines) is 3. The average Bonchev–Trinajstić information content (AvgIpc) is 3.10. The van der Waals surface area contributed by atoms with Crippen LogP contribution in [0.3, 0.4) is 0 Å². The molecule has 0 saturated carbocycles. The topological polar surface area (TPSA) is 26.8 Å². The maximum atomic E-state index is 13.4. The lowest BCUT2D eigenvalue weighted by Gasteiger charge is -2.33. The highest BCUT2D eigenvalue weighted by atomic mass is 19.1. The van der Waals surface area contributed by atoms with Crippen molar-refractivity contribution in [1.82, 2.24) is 14.7 Å². The molecule has 3 saturated heterocycles. The molecule has 0 aliphatic carbocycles. The number of piperidine rings is 1. The van der Waals surface area contributed by atoms with Crippen LogP contribution in [-0.2, 0) is 11.3 Å². The third kappa shape index (κ3) is 3.58. The van der Waals surface area contributed by atoms with Crippen LogP contribution in [0, 0.1) is 11.7 Å². The molecule has 1 aromatic rings. The number of fused-ring (bicyclic) bond motifs is 1. The van der Waals surface area contributed by atoms with Crippen molar-refractivity contribution in [2.24, 2.45) is 5.92 Å². The van der Waals surface area contributed by atoms with Crippen LogP contribution < -0.4 is 0 Å². The molecule has 0 aromatic heterocycles. The van der Waals surface area contributed by atoms with E-state index in [1.165, 1.54) is 18.9 Å². The Morgan fingerprint density at radius 1 is 1.12 bits per heavy atom. The smallest absolute Gasteiger partial charge is 0.224 e. The van der Waals surface area contributed by atoms with Gasteiger partial charge < -0.3 is 9.80 Å². The van der Waals surface area contributed by atoms with E-state index in [0.29, 0.717) is 30.3 Å². The average molecular weight is 345 g/mol. The first kappa shape index (κ1) is 17.0. The fraction of sp³-hybridized carbons (Fsp3) is 0.650. The van der Waals surface area contributed by atoms with Crippen molar-refractivity contribution in [3.8, 4) is 0 Å². The van der Waals surface area contributed by atoms with E-state index in [9.17, 15) is 9.18 Å². The van der Waals surface area contributed by atoms with Gasteiger partial charge in [0, 0.05) is 38.1 Å². The third-order valence-electron chi connectivity index (χ3n) is 6.30. The molecule has 0 bridgehead atoms. The minimum absolute atomic E-state index is 0.181. The Labute approximate surface area is 149 Å². The zero-order chi connectivity index (χ0) is 17.4. The Bertz CT molecular complexity index is 629. The molecule has 1 amide bonds. The van der Waals surface area contributed by atoms with Gasteiger partial charge in [-0.25, -0.2) is 4.39 Å². The highest BCUT2D eigenvalue weighted by Gasteiger charge is 2.46. The van der Waals surface area contributed by atoms with Crippen molar-refractivity contribution in [1.29, 1.82) is 0 Å². The molecule has 4 nitrogen and oxygen atoms in total. The number of rotatable bonds is 4. The number of carbonyl (C=O) groups excluding carboxylic acids is 1. The van der Waals surface area contributed by atoms with Gasteiger partial charge in [0.2, 0.25) is 5.91 Å². The van der Waals surface area contributed by atoms with Crippen molar-refractivity contribution in [3.05, 3.63) is 35.6 Å². The zero-order valence-electron chi connectivity index (χ0n) is 15.0. The summed E-state index contributed by atoms with van der Waals surface area (Å²) >= 11 is 0. The summed E-state index contributed by atoms with van der Waals surface area (Å²) in [5.74, 6) is 0.786. The first-order valence-electron chi connectivity index (χ1n) is 9.56. The molecule has 3 aliphatic rings.